The van der Waals surface area contributed by atoms with Crippen LogP contribution < -0.4 is 15.6 Å². The average Bonchev–Trinajstić information content (AvgIpc) is 3.09. The molecule has 1 heterocycles. The summed E-state index contributed by atoms with van der Waals surface area (Å²) in [6.45, 7) is 3.69. The number of aryl methyl sites for hydroxylation is 2. The molecule has 0 radical (unpaired) electrons. The van der Waals surface area contributed by atoms with Gasteiger partial charge < -0.3 is 19.4 Å². The number of carbonyl (C=O) groups excluding carboxylic acids is 2. The Labute approximate surface area is 293 Å². The minimum atomic E-state index is -4.93. The van der Waals surface area contributed by atoms with Gasteiger partial charge in [0.2, 0.25) is 0 Å². The maximum atomic E-state index is 14.0. The summed E-state index contributed by atoms with van der Waals surface area (Å²) in [6.07, 6.45) is -4.71. The standard InChI is InChI=1S/C39H32F3N3O5.CH4/c1-24-12-13-29(25(2)18-24)23-45-35(21-33(39(40,41)42)32(22-43)37(45)47)27-14-16-30(17-15-27)50-31-11-7-10-28(20-31)36(46)44-34(38(48)49-3)19-26-8-5-4-6-9-26;/h4-18,20-21,34H,19,23H2,1-3H3,(H,44,46);1H4/t34-;/m1./s1. The Morgan fingerprint density at radius 2 is 1.61 bits per heavy atom. The summed E-state index contributed by atoms with van der Waals surface area (Å²) in [6, 6.07) is 28.4. The van der Waals surface area contributed by atoms with E-state index in [1.54, 1.807) is 24.3 Å². The highest BCUT2D eigenvalue weighted by Crippen LogP contribution is 2.34. The lowest BCUT2D eigenvalue weighted by molar-refractivity contribution is -0.143. The molecule has 11 heteroatoms. The van der Waals surface area contributed by atoms with Gasteiger partial charge in [-0.05, 0) is 84.6 Å². The van der Waals surface area contributed by atoms with Gasteiger partial charge in [-0.1, -0.05) is 67.6 Å². The number of hydrogen-bond acceptors (Lipinski definition) is 6. The van der Waals surface area contributed by atoms with E-state index < -0.39 is 40.8 Å². The van der Waals surface area contributed by atoms with Crippen molar-refractivity contribution in [2.45, 2.75) is 46.5 Å². The Morgan fingerprint density at radius 3 is 2.24 bits per heavy atom. The molecular weight excluding hydrogens is 659 g/mol. The first-order valence-corrected chi connectivity index (χ1v) is 15.5. The Bertz CT molecular complexity index is 2140. The van der Waals surface area contributed by atoms with E-state index >= 15 is 0 Å². The lowest BCUT2D eigenvalue weighted by atomic mass is 10.0. The van der Waals surface area contributed by atoms with Crippen LogP contribution in [0.4, 0.5) is 13.2 Å². The van der Waals surface area contributed by atoms with Crippen molar-refractivity contribution in [1.29, 1.82) is 5.26 Å². The molecule has 5 rings (SSSR count). The third-order valence-electron chi connectivity index (χ3n) is 8.10. The molecule has 0 bridgehead atoms. The number of rotatable bonds is 10. The number of halogens is 3. The molecule has 0 aliphatic rings. The zero-order chi connectivity index (χ0) is 36.0. The zero-order valence-corrected chi connectivity index (χ0v) is 27.4. The molecule has 0 spiro atoms. The summed E-state index contributed by atoms with van der Waals surface area (Å²) in [5.74, 6) is -0.540. The second-order valence-corrected chi connectivity index (χ2v) is 11.6. The van der Waals surface area contributed by atoms with Crippen molar-refractivity contribution >= 4 is 11.9 Å². The van der Waals surface area contributed by atoms with Crippen molar-refractivity contribution in [3.05, 3.63) is 152 Å². The van der Waals surface area contributed by atoms with Crippen LogP contribution in [-0.2, 0) is 28.7 Å². The van der Waals surface area contributed by atoms with Gasteiger partial charge in [0, 0.05) is 12.0 Å². The van der Waals surface area contributed by atoms with Crippen molar-refractivity contribution in [2.75, 3.05) is 7.11 Å². The number of methoxy groups -OCH3 is 1. The summed E-state index contributed by atoms with van der Waals surface area (Å²) in [5.41, 5.74) is 0.512. The van der Waals surface area contributed by atoms with E-state index in [1.165, 1.54) is 48.1 Å². The molecule has 1 atom stereocenters. The highest BCUT2D eigenvalue weighted by atomic mass is 19.4. The molecule has 1 amide bonds. The number of ether oxygens (including phenoxy) is 2. The number of benzene rings is 4. The van der Waals surface area contributed by atoms with E-state index in [2.05, 4.69) is 5.32 Å². The van der Waals surface area contributed by atoms with Crippen LogP contribution in [0.5, 0.6) is 11.5 Å². The molecule has 0 fully saturated rings. The first-order valence-electron chi connectivity index (χ1n) is 15.5. The molecule has 1 aromatic heterocycles. The van der Waals surface area contributed by atoms with Crippen molar-refractivity contribution in [3.63, 3.8) is 0 Å². The minimum absolute atomic E-state index is 0. The second-order valence-electron chi connectivity index (χ2n) is 11.6. The summed E-state index contributed by atoms with van der Waals surface area (Å²) in [5, 5.41) is 12.3. The fourth-order valence-electron chi connectivity index (χ4n) is 5.53. The number of esters is 1. The molecule has 0 saturated carbocycles. The number of nitrogens with one attached hydrogen (secondary N) is 1. The van der Waals surface area contributed by atoms with Crippen LogP contribution in [0, 0.1) is 25.2 Å². The van der Waals surface area contributed by atoms with Crippen LogP contribution in [0.25, 0.3) is 11.3 Å². The van der Waals surface area contributed by atoms with Crippen molar-refractivity contribution in [2.24, 2.45) is 0 Å². The predicted molar refractivity (Wildman–Crippen MR) is 188 cm³/mol. The largest absolute Gasteiger partial charge is 0.467 e. The van der Waals surface area contributed by atoms with E-state index in [0.29, 0.717) is 11.3 Å². The quantitative estimate of drug-likeness (QED) is 0.148. The van der Waals surface area contributed by atoms with Crippen molar-refractivity contribution in [1.82, 2.24) is 9.88 Å². The fraction of sp³-hybridized carbons (Fsp3) is 0.200. The van der Waals surface area contributed by atoms with Gasteiger partial charge in [0.1, 0.15) is 29.2 Å². The predicted octanol–water partition coefficient (Wildman–Crippen LogP) is 8.01. The topological polar surface area (TPSA) is 110 Å². The molecule has 262 valence electrons. The van der Waals surface area contributed by atoms with Crippen LogP contribution >= 0.6 is 0 Å². The number of nitrogens with zero attached hydrogens (tertiary/aromatic N) is 2. The van der Waals surface area contributed by atoms with Gasteiger partial charge in [-0.2, -0.15) is 18.4 Å². The maximum Gasteiger partial charge on any atom is 0.417 e. The molecule has 51 heavy (non-hydrogen) atoms. The molecule has 8 nitrogen and oxygen atoms in total. The van der Waals surface area contributed by atoms with Crippen LogP contribution in [0.15, 0.2) is 108 Å². The van der Waals surface area contributed by atoms with Gasteiger partial charge in [-0.15, -0.1) is 0 Å². The van der Waals surface area contributed by atoms with Gasteiger partial charge in [0.15, 0.2) is 0 Å². The summed E-state index contributed by atoms with van der Waals surface area (Å²) >= 11 is 0. The van der Waals surface area contributed by atoms with Crippen molar-refractivity contribution in [3.8, 4) is 28.8 Å². The smallest absolute Gasteiger partial charge is 0.417 e. The Hall–Kier alpha value is -6.15. The zero-order valence-electron chi connectivity index (χ0n) is 27.4. The highest BCUT2D eigenvalue weighted by molar-refractivity contribution is 5.97. The van der Waals surface area contributed by atoms with E-state index in [4.69, 9.17) is 9.47 Å². The Kier molecular flexibility index (Phi) is 11.8. The molecule has 0 aliphatic heterocycles. The molecule has 1 N–H and O–H groups in total. The SMILES string of the molecule is C.COC(=O)[C@@H](Cc1ccccc1)NC(=O)c1cccc(Oc2ccc(-c3cc(C(F)(F)F)c(C#N)c(=O)n3Cc3ccc(C)cc3C)cc2)c1. The summed E-state index contributed by atoms with van der Waals surface area (Å²) in [4.78, 5) is 39.0. The van der Waals surface area contributed by atoms with Crippen LogP contribution in [0.1, 0.15) is 51.2 Å². The minimum Gasteiger partial charge on any atom is -0.467 e. The normalized spacial score (nSPS) is 11.5. The first-order chi connectivity index (χ1) is 23.9. The number of amides is 1. The van der Waals surface area contributed by atoms with Gasteiger partial charge in [0.05, 0.1) is 24.9 Å². The van der Waals surface area contributed by atoms with Gasteiger partial charge in [-0.25, -0.2) is 4.79 Å². The summed E-state index contributed by atoms with van der Waals surface area (Å²) < 4.78 is 54.1. The van der Waals surface area contributed by atoms with Crippen molar-refractivity contribution < 1.29 is 32.2 Å². The molecule has 5 aromatic rings. The number of pyridine rings is 1. The second kappa shape index (κ2) is 16.0. The van der Waals surface area contributed by atoms with Gasteiger partial charge >= 0.3 is 12.1 Å². The molecular formula is C40H36F3N3O5. The van der Waals surface area contributed by atoms with Gasteiger partial charge in [0.25, 0.3) is 11.5 Å². The van der Waals surface area contributed by atoms with Gasteiger partial charge in [-0.3, -0.25) is 9.59 Å². The Balaban J connectivity index is 0.00000583. The number of carbonyl (C=O) groups is 2. The third kappa shape index (κ3) is 8.91. The number of alkyl halides is 3. The third-order valence-corrected chi connectivity index (χ3v) is 8.10. The molecule has 4 aromatic carbocycles. The maximum absolute atomic E-state index is 14.0. The lowest BCUT2D eigenvalue weighted by Gasteiger charge is -2.19. The van der Waals surface area contributed by atoms with E-state index in [9.17, 15) is 32.8 Å². The van der Waals surface area contributed by atoms with E-state index in [-0.39, 0.29) is 43.0 Å². The first kappa shape index (κ1) is 37.7. The van der Waals surface area contributed by atoms with E-state index in [1.807, 2.05) is 56.3 Å². The fourth-order valence-corrected chi connectivity index (χ4v) is 5.53. The monoisotopic (exact) mass is 695 g/mol. The molecule has 0 aliphatic carbocycles. The molecule has 0 unspecified atom stereocenters. The average molecular weight is 696 g/mol. The lowest BCUT2D eigenvalue weighted by Crippen LogP contribution is -2.43. The van der Waals surface area contributed by atoms with E-state index in [0.717, 1.165) is 22.8 Å². The number of aromatic nitrogens is 1. The van der Waals surface area contributed by atoms with Crippen LogP contribution in [0.3, 0.4) is 0 Å². The molecule has 0 saturated heterocycles. The summed E-state index contributed by atoms with van der Waals surface area (Å²) in [7, 11) is 1.24. The Morgan fingerprint density at radius 1 is 0.902 bits per heavy atom. The van der Waals surface area contributed by atoms with Crippen LogP contribution in [-0.4, -0.2) is 29.6 Å². The number of hydrogen-bond donors (Lipinski definition) is 1. The highest BCUT2D eigenvalue weighted by Gasteiger charge is 2.36. The number of nitriles is 1. The van der Waals surface area contributed by atoms with Crippen LogP contribution in [0.2, 0.25) is 0 Å².